The van der Waals surface area contributed by atoms with Crippen molar-refractivity contribution < 1.29 is 10.2 Å². The van der Waals surface area contributed by atoms with Crippen LogP contribution >= 0.6 is 0 Å². The standard InChI is InChI=1S/C14H16O2.C11H16/c1-2-4-12(5-3-10-15)11-13-6-8-14(16)9-7-13;1-2-3-5-8-11-9-6-4-7-10-11/h2-10,15-16H,11H2,1H3;4,6-7,9-10H,2-3,5,8H2,1H3/p+1/b4-2-,10-3+,12-5+;. The van der Waals surface area contributed by atoms with Gasteiger partial charge in [-0.3, -0.25) is 0 Å². The Morgan fingerprint density at radius 2 is 1.67 bits per heavy atom. The molecule has 2 aromatic carbocycles. The van der Waals surface area contributed by atoms with Crippen LogP contribution in [-0.4, -0.2) is 10.2 Å². The molecule has 0 fully saturated rings. The van der Waals surface area contributed by atoms with Gasteiger partial charge in [-0.25, -0.2) is 0 Å². The number of unbranched alkanes of at least 4 members (excludes halogenated alkanes) is 2. The van der Waals surface area contributed by atoms with Gasteiger partial charge in [-0.2, -0.15) is 0 Å². The highest BCUT2D eigenvalue weighted by Gasteiger charge is 1.96. The van der Waals surface area contributed by atoms with E-state index in [-0.39, 0.29) is 5.75 Å². The number of hydrogen-bond acceptors (Lipinski definition) is 1. The second kappa shape index (κ2) is 14.4. The summed E-state index contributed by atoms with van der Waals surface area (Å²) in [4.78, 5) is 0. The smallest absolute Gasteiger partial charge is 0.216 e. The number of hydrogen-bond donors (Lipinski definition) is 1. The van der Waals surface area contributed by atoms with Crippen LogP contribution in [-0.2, 0) is 12.8 Å². The Morgan fingerprint density at radius 3 is 2.26 bits per heavy atom. The second-order valence-electron chi connectivity index (χ2n) is 6.39. The molecule has 0 heterocycles. The summed E-state index contributed by atoms with van der Waals surface area (Å²) in [6.07, 6.45) is 14.9. The fourth-order valence-corrected chi connectivity index (χ4v) is 2.63. The average molecular weight is 366 g/mol. The molecule has 0 bridgehead atoms. The van der Waals surface area contributed by atoms with Crippen molar-refractivity contribution in [1.29, 1.82) is 0 Å². The van der Waals surface area contributed by atoms with Gasteiger partial charge in [0.25, 0.3) is 0 Å². The van der Waals surface area contributed by atoms with Crippen LogP contribution in [0.15, 0.2) is 90.7 Å². The van der Waals surface area contributed by atoms with Crippen molar-refractivity contribution in [2.45, 2.75) is 46.0 Å². The normalized spacial score (nSPS) is 11.6. The predicted molar refractivity (Wildman–Crippen MR) is 117 cm³/mol. The van der Waals surface area contributed by atoms with Gasteiger partial charge in [0.15, 0.2) is 0 Å². The highest BCUT2D eigenvalue weighted by molar-refractivity contribution is 5.33. The molecule has 0 saturated carbocycles. The minimum Gasteiger partial charge on any atom is -0.599 e. The monoisotopic (exact) mass is 365 g/mol. The van der Waals surface area contributed by atoms with Crippen LogP contribution in [0.3, 0.4) is 0 Å². The zero-order valence-electron chi connectivity index (χ0n) is 16.6. The van der Waals surface area contributed by atoms with Gasteiger partial charge in [-0.05, 0) is 55.0 Å². The number of aromatic hydroxyl groups is 1. The maximum absolute atomic E-state index is 9.17. The van der Waals surface area contributed by atoms with Gasteiger partial charge >= 0.3 is 0 Å². The summed E-state index contributed by atoms with van der Waals surface area (Å²) in [5.74, 6) is 0.284. The Labute approximate surface area is 164 Å². The summed E-state index contributed by atoms with van der Waals surface area (Å²) in [6.45, 7) is 4.21. The molecule has 0 atom stereocenters. The van der Waals surface area contributed by atoms with Crippen molar-refractivity contribution >= 4 is 0 Å². The molecule has 0 aliphatic rings. The Hall–Kier alpha value is -2.74. The molecule has 144 valence electrons. The molecule has 0 aliphatic carbocycles. The first-order chi connectivity index (χ1) is 13.2. The fourth-order valence-electron chi connectivity index (χ4n) is 2.63. The number of aryl methyl sites for hydroxylation is 1. The molecule has 27 heavy (non-hydrogen) atoms. The molecule has 2 rings (SSSR count). The minimum atomic E-state index is 0.284. The van der Waals surface area contributed by atoms with E-state index in [0.29, 0.717) is 0 Å². The van der Waals surface area contributed by atoms with E-state index in [1.165, 1.54) is 37.5 Å². The van der Waals surface area contributed by atoms with E-state index < -0.39 is 0 Å². The molecule has 0 unspecified atom stereocenters. The maximum Gasteiger partial charge on any atom is 0.216 e. The van der Waals surface area contributed by atoms with Gasteiger partial charge in [0.1, 0.15) is 5.75 Å². The molecule has 0 radical (unpaired) electrons. The first kappa shape index (κ1) is 22.3. The summed E-state index contributed by atoms with van der Waals surface area (Å²) in [5.41, 5.74) is 3.75. The van der Waals surface area contributed by atoms with Crippen molar-refractivity contribution in [1.82, 2.24) is 0 Å². The molecule has 0 aliphatic heterocycles. The first-order valence-electron chi connectivity index (χ1n) is 9.67. The number of allylic oxidation sites excluding steroid dienone is 5. The minimum absolute atomic E-state index is 0.284. The van der Waals surface area contributed by atoms with E-state index >= 15 is 0 Å². The largest absolute Gasteiger partial charge is 0.599 e. The summed E-state index contributed by atoms with van der Waals surface area (Å²) in [7, 11) is 0. The predicted octanol–water partition coefficient (Wildman–Crippen LogP) is 6.09. The van der Waals surface area contributed by atoms with E-state index in [2.05, 4.69) is 37.3 Å². The van der Waals surface area contributed by atoms with Crippen LogP contribution in [0.5, 0.6) is 5.75 Å². The zero-order valence-corrected chi connectivity index (χ0v) is 16.6. The first-order valence-corrected chi connectivity index (χ1v) is 9.67. The lowest BCUT2D eigenvalue weighted by Crippen LogP contribution is -1.87. The molecule has 2 heteroatoms. The van der Waals surface area contributed by atoms with Crippen molar-refractivity contribution in [3.05, 3.63) is 102 Å². The van der Waals surface area contributed by atoms with Gasteiger partial charge in [0, 0.05) is 6.08 Å². The zero-order chi connectivity index (χ0) is 19.7. The average Bonchev–Trinajstić information content (AvgIpc) is 2.69. The molecule has 2 aromatic rings. The van der Waals surface area contributed by atoms with Crippen molar-refractivity contribution in [3.63, 3.8) is 0 Å². The van der Waals surface area contributed by atoms with Crippen LogP contribution in [0.4, 0.5) is 0 Å². The summed E-state index contributed by atoms with van der Waals surface area (Å²) >= 11 is 0. The quantitative estimate of drug-likeness (QED) is 0.261. The molecule has 2 nitrogen and oxygen atoms in total. The van der Waals surface area contributed by atoms with E-state index in [4.69, 9.17) is 5.11 Å². The Kier molecular flexibility index (Phi) is 11.9. The van der Waals surface area contributed by atoms with Crippen LogP contribution in [0.1, 0.15) is 44.2 Å². The van der Waals surface area contributed by atoms with E-state index in [1.807, 2.05) is 37.3 Å². The third-order valence-corrected chi connectivity index (χ3v) is 4.04. The molecule has 0 spiro atoms. The topological polar surface area (TPSA) is 43.1 Å². The van der Waals surface area contributed by atoms with E-state index in [0.717, 1.165) is 17.6 Å². The summed E-state index contributed by atoms with van der Waals surface area (Å²) < 4.78 is 0. The molecule has 0 aromatic heterocycles. The molecular weight excluding hydrogens is 332 g/mol. The van der Waals surface area contributed by atoms with Gasteiger partial charge in [-0.15, -0.1) is 0 Å². The highest BCUT2D eigenvalue weighted by atomic mass is 16.3. The van der Waals surface area contributed by atoms with Crippen LogP contribution < -0.4 is 0 Å². The molecule has 0 amide bonds. The number of phenols is 1. The number of benzene rings is 2. The fraction of sp³-hybridized carbons (Fsp3) is 0.280. The SMILES string of the molecule is CCCCCc1ccccc1.C\C=C/C(=C\C=C\[OH2+])Cc1ccc(O)cc1. The maximum atomic E-state index is 9.17. The van der Waals surface area contributed by atoms with Crippen molar-refractivity contribution in [2.24, 2.45) is 0 Å². The van der Waals surface area contributed by atoms with Crippen molar-refractivity contribution in [2.75, 3.05) is 0 Å². The Bertz CT molecular complexity index is 695. The Morgan fingerprint density at radius 1 is 0.963 bits per heavy atom. The third kappa shape index (κ3) is 10.8. The van der Waals surface area contributed by atoms with Crippen LogP contribution in [0.2, 0.25) is 0 Å². The molecule has 0 saturated heterocycles. The lowest BCUT2D eigenvalue weighted by molar-refractivity contribution is 0.473. The van der Waals surface area contributed by atoms with E-state index in [1.54, 1.807) is 18.2 Å². The van der Waals surface area contributed by atoms with E-state index in [9.17, 15) is 5.11 Å². The summed E-state index contributed by atoms with van der Waals surface area (Å²) in [6, 6.07) is 17.9. The van der Waals surface area contributed by atoms with Gasteiger partial charge in [-0.1, -0.05) is 80.5 Å². The van der Waals surface area contributed by atoms with Gasteiger partial charge < -0.3 is 10.2 Å². The molecule has 3 N–H and O–H groups in total. The Balaban J connectivity index is 0.000000289. The number of phenolic OH excluding ortho intramolecular Hbond substituents is 1. The highest BCUT2D eigenvalue weighted by Crippen LogP contribution is 2.14. The lowest BCUT2D eigenvalue weighted by atomic mass is 10.0. The third-order valence-electron chi connectivity index (χ3n) is 4.04. The molecular formula is C25H33O2+. The lowest BCUT2D eigenvalue weighted by Gasteiger charge is -2.02. The summed E-state index contributed by atoms with van der Waals surface area (Å²) in [5, 5.41) is 16.1. The second-order valence-corrected chi connectivity index (χ2v) is 6.39. The van der Waals surface area contributed by atoms with Crippen LogP contribution in [0, 0.1) is 0 Å². The number of rotatable bonds is 8. The van der Waals surface area contributed by atoms with Crippen LogP contribution in [0.25, 0.3) is 0 Å². The van der Waals surface area contributed by atoms with Gasteiger partial charge in [0.2, 0.25) is 6.26 Å². The van der Waals surface area contributed by atoms with Gasteiger partial charge in [0.05, 0.1) is 0 Å². The van der Waals surface area contributed by atoms with Crippen molar-refractivity contribution in [3.8, 4) is 5.75 Å².